The van der Waals surface area contributed by atoms with Crippen molar-refractivity contribution in [1.82, 2.24) is 9.80 Å². The number of amides is 1. The Morgan fingerprint density at radius 3 is 2.86 bits per heavy atom. The van der Waals surface area contributed by atoms with Gasteiger partial charge in [0.15, 0.2) is 0 Å². The number of hydrogen-bond acceptors (Lipinski definition) is 3. The normalized spacial score (nSPS) is 28.4. The van der Waals surface area contributed by atoms with E-state index < -0.39 is 0 Å². The summed E-state index contributed by atoms with van der Waals surface area (Å²) in [5.74, 6) is 0.221. The molecule has 1 aliphatic heterocycles. The third-order valence-electron chi connectivity index (χ3n) is 7.25. The molecule has 2 aliphatic carbocycles. The average Bonchev–Trinajstić information content (AvgIpc) is 3.35. The monoisotopic (exact) mass is 394 g/mol. The third kappa shape index (κ3) is 4.06. The van der Waals surface area contributed by atoms with E-state index in [1.807, 2.05) is 18.0 Å². The lowest BCUT2D eigenvalue weighted by Crippen LogP contribution is -2.57. The minimum atomic E-state index is 0.0212. The fourth-order valence-electron chi connectivity index (χ4n) is 5.57. The summed E-state index contributed by atoms with van der Waals surface area (Å²) >= 11 is 0. The predicted molar refractivity (Wildman–Crippen MR) is 118 cm³/mol. The summed E-state index contributed by atoms with van der Waals surface area (Å²) in [6.45, 7) is 5.63. The number of benzene rings is 1. The van der Waals surface area contributed by atoms with Gasteiger partial charge in [0.1, 0.15) is 0 Å². The molecule has 3 aliphatic rings. The van der Waals surface area contributed by atoms with Crippen LogP contribution in [0.5, 0.6) is 0 Å². The third-order valence-corrected chi connectivity index (χ3v) is 7.25. The number of carbonyl (C=O) groups excluding carboxylic acids is 1. The van der Waals surface area contributed by atoms with E-state index in [0.717, 1.165) is 51.7 Å². The number of likely N-dealkylation sites (N-methyl/N-ethyl adjacent to an activating group) is 2. The molecule has 1 spiro atoms. The highest BCUT2D eigenvalue weighted by atomic mass is 16.5. The summed E-state index contributed by atoms with van der Waals surface area (Å²) in [5.41, 5.74) is 3.78. The van der Waals surface area contributed by atoms with Gasteiger partial charge in [0.05, 0.1) is 12.0 Å². The SMILES string of the molecule is C=CCN(C)[C@H]1C[C@@]2(CCCO2)CC[C@@H]1N(C)C(=O)CC1=CCc2ccccc21. The highest BCUT2D eigenvalue weighted by Crippen LogP contribution is 2.42. The predicted octanol–water partition coefficient (Wildman–Crippen LogP) is 4.06. The van der Waals surface area contributed by atoms with E-state index in [2.05, 4.69) is 48.9 Å². The van der Waals surface area contributed by atoms with E-state index >= 15 is 0 Å². The molecule has 1 saturated heterocycles. The van der Waals surface area contributed by atoms with Crippen molar-refractivity contribution in [3.8, 4) is 0 Å². The van der Waals surface area contributed by atoms with Gasteiger partial charge >= 0.3 is 0 Å². The van der Waals surface area contributed by atoms with E-state index in [4.69, 9.17) is 4.74 Å². The van der Waals surface area contributed by atoms with Gasteiger partial charge in [-0.2, -0.15) is 0 Å². The van der Waals surface area contributed by atoms with E-state index in [-0.39, 0.29) is 17.6 Å². The Morgan fingerprint density at radius 2 is 2.10 bits per heavy atom. The Morgan fingerprint density at radius 1 is 1.28 bits per heavy atom. The summed E-state index contributed by atoms with van der Waals surface area (Å²) in [6.07, 6.45) is 11.0. The molecular weight excluding hydrogens is 360 g/mol. The van der Waals surface area contributed by atoms with Crippen molar-refractivity contribution < 1.29 is 9.53 Å². The molecule has 2 fully saturated rings. The standard InChI is InChI=1S/C25H34N2O2/c1-4-15-26(2)23-18-25(13-7-16-29-25)14-12-22(23)27(3)24(28)17-20-11-10-19-8-5-6-9-21(19)20/h4-6,8-9,11,22-23H,1,7,10,12-18H2,2-3H3/t22-,23-,25+/m0/s1. The Balaban J connectivity index is 1.47. The Hall–Kier alpha value is -1.91. The minimum absolute atomic E-state index is 0.0212. The Labute approximate surface area is 175 Å². The molecule has 3 atom stereocenters. The van der Waals surface area contributed by atoms with E-state index in [9.17, 15) is 4.79 Å². The van der Waals surface area contributed by atoms with Gasteiger partial charge < -0.3 is 9.64 Å². The first-order valence-corrected chi connectivity index (χ1v) is 11.0. The molecule has 4 nitrogen and oxygen atoms in total. The maximum absolute atomic E-state index is 13.3. The summed E-state index contributed by atoms with van der Waals surface area (Å²) in [7, 11) is 4.15. The van der Waals surface area contributed by atoms with Crippen LogP contribution in [0.15, 0.2) is 43.0 Å². The molecule has 0 unspecified atom stereocenters. The zero-order valence-corrected chi connectivity index (χ0v) is 17.9. The van der Waals surface area contributed by atoms with Crippen LogP contribution in [0.4, 0.5) is 0 Å². The van der Waals surface area contributed by atoms with Crippen LogP contribution < -0.4 is 0 Å². The molecule has 1 heterocycles. The molecule has 0 bridgehead atoms. The van der Waals surface area contributed by atoms with Gasteiger partial charge in [-0.15, -0.1) is 6.58 Å². The van der Waals surface area contributed by atoms with Crippen LogP contribution in [-0.2, 0) is 16.0 Å². The summed E-state index contributed by atoms with van der Waals surface area (Å²) < 4.78 is 6.21. The Kier molecular flexibility index (Phi) is 5.93. The highest BCUT2D eigenvalue weighted by Gasteiger charge is 2.46. The number of fused-ring (bicyclic) bond motifs is 1. The van der Waals surface area contributed by atoms with Crippen LogP contribution in [0.2, 0.25) is 0 Å². The lowest BCUT2D eigenvalue weighted by atomic mass is 9.76. The minimum Gasteiger partial charge on any atom is -0.375 e. The summed E-state index contributed by atoms with van der Waals surface area (Å²) in [5, 5.41) is 0. The molecule has 0 aromatic heterocycles. The molecule has 29 heavy (non-hydrogen) atoms. The number of rotatable bonds is 6. The molecule has 1 aromatic rings. The molecule has 1 amide bonds. The molecule has 4 heteroatoms. The van der Waals surface area contributed by atoms with Crippen LogP contribution in [0.1, 0.15) is 49.7 Å². The van der Waals surface area contributed by atoms with Gasteiger partial charge in [0.25, 0.3) is 0 Å². The fraction of sp³-hybridized carbons (Fsp3) is 0.560. The van der Waals surface area contributed by atoms with Gasteiger partial charge in [-0.1, -0.05) is 36.4 Å². The second-order valence-corrected chi connectivity index (χ2v) is 9.01. The van der Waals surface area contributed by atoms with Crippen LogP contribution in [0.25, 0.3) is 5.57 Å². The van der Waals surface area contributed by atoms with Crippen molar-refractivity contribution in [3.63, 3.8) is 0 Å². The zero-order chi connectivity index (χ0) is 20.4. The maximum Gasteiger partial charge on any atom is 0.227 e. The zero-order valence-electron chi connectivity index (χ0n) is 17.9. The number of carbonyl (C=O) groups is 1. The quantitative estimate of drug-likeness (QED) is 0.682. The smallest absolute Gasteiger partial charge is 0.227 e. The molecule has 156 valence electrons. The second kappa shape index (κ2) is 8.45. The molecule has 1 saturated carbocycles. The van der Waals surface area contributed by atoms with Crippen molar-refractivity contribution in [2.75, 3.05) is 27.2 Å². The van der Waals surface area contributed by atoms with Crippen LogP contribution in [0, 0.1) is 0 Å². The van der Waals surface area contributed by atoms with Crippen molar-refractivity contribution in [3.05, 3.63) is 54.1 Å². The molecule has 4 rings (SSSR count). The van der Waals surface area contributed by atoms with Gasteiger partial charge in [0, 0.05) is 32.3 Å². The molecular formula is C25H34N2O2. The largest absolute Gasteiger partial charge is 0.375 e. The lowest BCUT2D eigenvalue weighted by Gasteiger charge is -2.48. The van der Waals surface area contributed by atoms with E-state index in [1.165, 1.54) is 16.7 Å². The topological polar surface area (TPSA) is 32.8 Å². The molecule has 0 N–H and O–H groups in total. The van der Waals surface area contributed by atoms with Crippen molar-refractivity contribution in [1.29, 1.82) is 0 Å². The first-order valence-electron chi connectivity index (χ1n) is 11.0. The highest BCUT2D eigenvalue weighted by molar-refractivity contribution is 5.90. The molecule has 1 aromatic carbocycles. The summed E-state index contributed by atoms with van der Waals surface area (Å²) in [6, 6.07) is 8.97. The Bertz CT molecular complexity index is 794. The number of ether oxygens (including phenoxy) is 1. The van der Waals surface area contributed by atoms with Crippen LogP contribution in [-0.4, -0.2) is 60.6 Å². The maximum atomic E-state index is 13.3. The van der Waals surface area contributed by atoms with Crippen LogP contribution >= 0.6 is 0 Å². The summed E-state index contributed by atoms with van der Waals surface area (Å²) in [4.78, 5) is 17.6. The fourth-order valence-corrected chi connectivity index (χ4v) is 5.57. The van der Waals surface area contributed by atoms with Gasteiger partial charge in [-0.25, -0.2) is 0 Å². The van der Waals surface area contributed by atoms with Crippen LogP contribution in [0.3, 0.4) is 0 Å². The number of nitrogens with zero attached hydrogens (tertiary/aromatic N) is 2. The van der Waals surface area contributed by atoms with Crippen molar-refractivity contribution >= 4 is 11.5 Å². The number of hydrogen-bond donors (Lipinski definition) is 0. The van der Waals surface area contributed by atoms with Crippen molar-refractivity contribution in [2.45, 2.75) is 62.6 Å². The van der Waals surface area contributed by atoms with Gasteiger partial charge in [-0.05, 0) is 62.3 Å². The van der Waals surface area contributed by atoms with Crippen molar-refractivity contribution in [2.24, 2.45) is 0 Å². The first kappa shape index (κ1) is 20.4. The number of allylic oxidation sites excluding steroid dienone is 1. The first-order chi connectivity index (χ1) is 14.0. The van der Waals surface area contributed by atoms with E-state index in [0.29, 0.717) is 12.5 Å². The van der Waals surface area contributed by atoms with Gasteiger partial charge in [0.2, 0.25) is 5.91 Å². The molecule has 0 radical (unpaired) electrons. The second-order valence-electron chi connectivity index (χ2n) is 9.01. The van der Waals surface area contributed by atoms with Gasteiger partial charge in [-0.3, -0.25) is 9.69 Å². The average molecular weight is 395 g/mol. The van der Waals surface area contributed by atoms with E-state index in [1.54, 1.807) is 0 Å². The lowest BCUT2D eigenvalue weighted by molar-refractivity contribution is -0.136.